The highest BCUT2D eigenvalue weighted by molar-refractivity contribution is 4.77. The van der Waals surface area contributed by atoms with Gasteiger partial charge in [0.25, 0.3) is 0 Å². The molecule has 16 heavy (non-hydrogen) atoms. The van der Waals surface area contributed by atoms with Crippen molar-refractivity contribution in [2.75, 3.05) is 26.2 Å². The standard InChI is InChI=1S/C14H31NO/c1-6-9-14(5,12-16)11-15(8-3)10-13(4)7-2/h13,16H,6-12H2,1-5H3. The van der Waals surface area contributed by atoms with Gasteiger partial charge in [0.1, 0.15) is 0 Å². The van der Waals surface area contributed by atoms with Crippen LogP contribution < -0.4 is 0 Å². The van der Waals surface area contributed by atoms with Crippen LogP contribution in [0.25, 0.3) is 0 Å². The molecule has 0 saturated heterocycles. The van der Waals surface area contributed by atoms with E-state index in [2.05, 4.69) is 39.5 Å². The molecule has 98 valence electrons. The van der Waals surface area contributed by atoms with Crippen LogP contribution >= 0.6 is 0 Å². The van der Waals surface area contributed by atoms with E-state index in [1.54, 1.807) is 0 Å². The first kappa shape index (κ1) is 15.9. The molecule has 2 atom stereocenters. The van der Waals surface area contributed by atoms with E-state index < -0.39 is 0 Å². The monoisotopic (exact) mass is 229 g/mol. The maximum atomic E-state index is 9.53. The molecule has 0 aliphatic rings. The maximum Gasteiger partial charge on any atom is 0.0497 e. The normalized spacial score (nSPS) is 17.4. The van der Waals surface area contributed by atoms with Crippen molar-refractivity contribution >= 4 is 0 Å². The lowest BCUT2D eigenvalue weighted by atomic mass is 9.85. The summed E-state index contributed by atoms with van der Waals surface area (Å²) in [6, 6.07) is 0. The number of nitrogens with zero attached hydrogens (tertiary/aromatic N) is 1. The molecule has 0 saturated carbocycles. The molecule has 0 bridgehead atoms. The van der Waals surface area contributed by atoms with Crippen LogP contribution in [-0.2, 0) is 0 Å². The molecule has 1 N–H and O–H groups in total. The highest BCUT2D eigenvalue weighted by Crippen LogP contribution is 2.24. The fourth-order valence-corrected chi connectivity index (χ4v) is 2.23. The zero-order valence-corrected chi connectivity index (χ0v) is 11.9. The Morgan fingerprint density at radius 2 is 1.88 bits per heavy atom. The summed E-state index contributed by atoms with van der Waals surface area (Å²) in [6.45, 7) is 14.7. The molecular formula is C14H31NO. The van der Waals surface area contributed by atoms with Gasteiger partial charge in [-0.2, -0.15) is 0 Å². The maximum absolute atomic E-state index is 9.53. The van der Waals surface area contributed by atoms with Gasteiger partial charge in [-0.25, -0.2) is 0 Å². The third-order valence-corrected chi connectivity index (χ3v) is 3.55. The lowest BCUT2D eigenvalue weighted by molar-refractivity contribution is 0.0756. The van der Waals surface area contributed by atoms with Crippen molar-refractivity contribution in [2.45, 2.75) is 53.9 Å². The van der Waals surface area contributed by atoms with Crippen molar-refractivity contribution in [1.82, 2.24) is 4.90 Å². The fraction of sp³-hybridized carbons (Fsp3) is 1.00. The van der Waals surface area contributed by atoms with Crippen LogP contribution in [0.4, 0.5) is 0 Å². The summed E-state index contributed by atoms with van der Waals surface area (Å²) in [5, 5.41) is 9.53. The van der Waals surface area contributed by atoms with Gasteiger partial charge >= 0.3 is 0 Å². The van der Waals surface area contributed by atoms with Crippen LogP contribution in [0.15, 0.2) is 0 Å². The van der Waals surface area contributed by atoms with E-state index in [4.69, 9.17) is 0 Å². The van der Waals surface area contributed by atoms with Crippen LogP contribution in [0, 0.1) is 11.3 Å². The molecule has 2 nitrogen and oxygen atoms in total. The van der Waals surface area contributed by atoms with Gasteiger partial charge in [-0.15, -0.1) is 0 Å². The molecule has 0 rings (SSSR count). The minimum Gasteiger partial charge on any atom is -0.396 e. The van der Waals surface area contributed by atoms with Gasteiger partial charge < -0.3 is 10.0 Å². The molecule has 0 aromatic heterocycles. The number of aliphatic hydroxyl groups is 1. The molecule has 0 aromatic carbocycles. The first-order chi connectivity index (χ1) is 7.51. The summed E-state index contributed by atoms with van der Waals surface area (Å²) in [4.78, 5) is 2.49. The van der Waals surface area contributed by atoms with Gasteiger partial charge in [0.15, 0.2) is 0 Å². The first-order valence-electron chi connectivity index (χ1n) is 6.84. The number of hydrogen-bond acceptors (Lipinski definition) is 2. The van der Waals surface area contributed by atoms with E-state index in [9.17, 15) is 5.11 Å². The topological polar surface area (TPSA) is 23.5 Å². The Bertz CT molecular complexity index is 172. The number of hydrogen-bond donors (Lipinski definition) is 1. The predicted molar refractivity (Wildman–Crippen MR) is 71.7 cm³/mol. The van der Waals surface area contributed by atoms with Gasteiger partial charge in [0, 0.05) is 25.1 Å². The Morgan fingerprint density at radius 1 is 1.25 bits per heavy atom. The van der Waals surface area contributed by atoms with Crippen molar-refractivity contribution in [1.29, 1.82) is 0 Å². The second-order valence-electron chi connectivity index (χ2n) is 5.56. The van der Waals surface area contributed by atoms with Gasteiger partial charge in [-0.3, -0.25) is 0 Å². The van der Waals surface area contributed by atoms with Crippen molar-refractivity contribution in [3.8, 4) is 0 Å². The molecule has 0 spiro atoms. The van der Waals surface area contributed by atoms with E-state index in [0.717, 1.165) is 38.4 Å². The van der Waals surface area contributed by atoms with Crippen molar-refractivity contribution in [2.24, 2.45) is 11.3 Å². The Kier molecular flexibility index (Phi) is 8.04. The van der Waals surface area contributed by atoms with Crippen molar-refractivity contribution in [3.63, 3.8) is 0 Å². The van der Waals surface area contributed by atoms with Crippen molar-refractivity contribution < 1.29 is 5.11 Å². The summed E-state index contributed by atoms with van der Waals surface area (Å²) in [5.41, 5.74) is 0.0816. The Labute approximate surface area is 102 Å². The largest absolute Gasteiger partial charge is 0.396 e. The van der Waals surface area contributed by atoms with E-state index in [1.807, 2.05) is 0 Å². The lowest BCUT2D eigenvalue weighted by Gasteiger charge is -2.34. The molecule has 0 fully saturated rings. The second-order valence-corrected chi connectivity index (χ2v) is 5.56. The zero-order valence-electron chi connectivity index (χ0n) is 11.9. The van der Waals surface area contributed by atoms with Gasteiger partial charge in [-0.1, -0.05) is 47.5 Å². The molecule has 0 aliphatic carbocycles. The van der Waals surface area contributed by atoms with Gasteiger partial charge in [-0.05, 0) is 18.9 Å². The lowest BCUT2D eigenvalue weighted by Crippen LogP contribution is -2.40. The zero-order chi connectivity index (χ0) is 12.6. The average Bonchev–Trinajstić information content (AvgIpc) is 2.28. The van der Waals surface area contributed by atoms with Gasteiger partial charge in [0.05, 0.1) is 0 Å². The van der Waals surface area contributed by atoms with Crippen molar-refractivity contribution in [3.05, 3.63) is 0 Å². The minimum absolute atomic E-state index is 0.0816. The van der Waals surface area contributed by atoms with E-state index in [1.165, 1.54) is 6.42 Å². The van der Waals surface area contributed by atoms with Gasteiger partial charge in [0.2, 0.25) is 0 Å². The summed E-state index contributed by atoms with van der Waals surface area (Å²) in [5.74, 6) is 0.754. The molecule has 0 heterocycles. The quantitative estimate of drug-likeness (QED) is 0.656. The second kappa shape index (κ2) is 8.08. The highest BCUT2D eigenvalue weighted by atomic mass is 16.3. The number of rotatable bonds is 9. The Morgan fingerprint density at radius 3 is 2.25 bits per heavy atom. The smallest absolute Gasteiger partial charge is 0.0497 e. The van der Waals surface area contributed by atoms with Crippen LogP contribution in [0.1, 0.15) is 53.9 Å². The third-order valence-electron chi connectivity index (χ3n) is 3.55. The van der Waals surface area contributed by atoms with Crippen LogP contribution in [0.2, 0.25) is 0 Å². The van der Waals surface area contributed by atoms with Crippen LogP contribution in [0.3, 0.4) is 0 Å². The molecule has 0 radical (unpaired) electrons. The average molecular weight is 229 g/mol. The Balaban J connectivity index is 4.26. The molecule has 2 unspecified atom stereocenters. The van der Waals surface area contributed by atoms with E-state index in [-0.39, 0.29) is 5.41 Å². The van der Waals surface area contributed by atoms with Crippen LogP contribution in [-0.4, -0.2) is 36.2 Å². The third kappa shape index (κ3) is 5.86. The number of aliphatic hydroxyl groups excluding tert-OH is 1. The summed E-state index contributed by atoms with van der Waals surface area (Å²) >= 11 is 0. The fourth-order valence-electron chi connectivity index (χ4n) is 2.23. The van der Waals surface area contributed by atoms with E-state index >= 15 is 0 Å². The summed E-state index contributed by atoms with van der Waals surface area (Å²) in [6.07, 6.45) is 3.50. The molecule has 0 amide bonds. The predicted octanol–water partition coefficient (Wildman–Crippen LogP) is 3.15. The summed E-state index contributed by atoms with van der Waals surface area (Å²) < 4.78 is 0. The molecular weight excluding hydrogens is 198 g/mol. The summed E-state index contributed by atoms with van der Waals surface area (Å²) in [7, 11) is 0. The SMILES string of the molecule is CCCC(C)(CO)CN(CC)CC(C)CC. The highest BCUT2D eigenvalue weighted by Gasteiger charge is 2.25. The molecule has 2 heteroatoms. The molecule has 0 aliphatic heterocycles. The van der Waals surface area contributed by atoms with E-state index in [0.29, 0.717) is 6.61 Å². The Hall–Kier alpha value is -0.0800. The first-order valence-corrected chi connectivity index (χ1v) is 6.84. The minimum atomic E-state index is 0.0816. The van der Waals surface area contributed by atoms with Crippen LogP contribution in [0.5, 0.6) is 0 Å². The molecule has 0 aromatic rings.